The molecule has 2 aromatic rings. The summed E-state index contributed by atoms with van der Waals surface area (Å²) in [7, 11) is -4.91. The summed E-state index contributed by atoms with van der Waals surface area (Å²) in [6.07, 6.45) is -20.3. The summed E-state index contributed by atoms with van der Waals surface area (Å²) in [5, 5.41) is 9.81. The molecule has 43 heavy (non-hydrogen) atoms. The van der Waals surface area contributed by atoms with Gasteiger partial charge in [-0.05, 0) is 11.5 Å². The molecule has 0 saturated heterocycles. The number of alkyl halides is 9. The topological polar surface area (TPSA) is 116 Å². The number of carbonyl (C=O) groups excluding carboxylic acids is 2. The molecule has 0 fully saturated rings. The minimum absolute atomic E-state index is 0.146. The largest absolute Gasteiger partial charge is 0.471 e. The SMILES string of the molecule is CC(C)[C@H](Cn1cc(COP(C)(=O)OC(C(F)(F)F)C(F)(F)F)nn1)NC(=O)CN(Cc1ccccc1)C(=O)C(F)(F)F. The van der Waals surface area contributed by atoms with Crippen molar-refractivity contribution in [2.75, 3.05) is 13.2 Å². The Morgan fingerprint density at radius 3 is 2.12 bits per heavy atom. The number of amides is 2. The van der Waals surface area contributed by atoms with Crippen molar-refractivity contribution in [2.24, 2.45) is 5.92 Å². The smallest absolute Gasteiger partial charge is 0.350 e. The molecule has 20 heteroatoms. The normalized spacial score (nSPS) is 14.9. The molecule has 1 aromatic carbocycles. The van der Waals surface area contributed by atoms with Gasteiger partial charge >= 0.3 is 32.0 Å². The van der Waals surface area contributed by atoms with Crippen molar-refractivity contribution < 1.29 is 62.7 Å². The molecule has 0 radical (unpaired) electrons. The van der Waals surface area contributed by atoms with Gasteiger partial charge in [0, 0.05) is 13.2 Å². The van der Waals surface area contributed by atoms with Gasteiger partial charge in [0.25, 0.3) is 6.10 Å². The van der Waals surface area contributed by atoms with Crippen LogP contribution in [0.5, 0.6) is 0 Å². The lowest BCUT2D eigenvalue weighted by Gasteiger charge is -2.26. The Bertz CT molecular complexity index is 1250. The third-order valence-electron chi connectivity index (χ3n) is 5.54. The molecular formula is C23H27F9N5O5P. The number of benzene rings is 1. The van der Waals surface area contributed by atoms with Gasteiger partial charge in [-0.2, -0.15) is 39.5 Å². The second-order valence-electron chi connectivity index (χ2n) is 9.61. The Hall–Kier alpha value is -3.18. The molecule has 0 aliphatic heterocycles. The van der Waals surface area contributed by atoms with Gasteiger partial charge in [-0.1, -0.05) is 49.4 Å². The number of aromatic nitrogens is 3. The Morgan fingerprint density at radius 2 is 1.60 bits per heavy atom. The summed E-state index contributed by atoms with van der Waals surface area (Å²) in [6.45, 7) is 1.28. The Morgan fingerprint density at radius 1 is 1.02 bits per heavy atom. The molecule has 1 heterocycles. The zero-order valence-electron chi connectivity index (χ0n) is 22.7. The van der Waals surface area contributed by atoms with Gasteiger partial charge in [0.05, 0.1) is 18.8 Å². The maximum absolute atomic E-state index is 13.2. The van der Waals surface area contributed by atoms with Crippen molar-refractivity contribution >= 4 is 19.4 Å². The molecule has 2 atom stereocenters. The van der Waals surface area contributed by atoms with Crippen LogP contribution in [0, 0.1) is 5.92 Å². The van der Waals surface area contributed by atoms with Gasteiger partial charge in [-0.25, -0.2) is 0 Å². The highest BCUT2D eigenvalue weighted by Crippen LogP contribution is 2.51. The monoisotopic (exact) mass is 655 g/mol. The van der Waals surface area contributed by atoms with E-state index in [9.17, 15) is 53.7 Å². The van der Waals surface area contributed by atoms with E-state index >= 15 is 0 Å². The highest BCUT2D eigenvalue weighted by Gasteiger charge is 2.60. The first-order valence-corrected chi connectivity index (χ1v) is 14.2. The average Bonchev–Trinajstić information content (AvgIpc) is 3.31. The Labute approximate surface area is 239 Å². The van der Waals surface area contributed by atoms with Crippen molar-refractivity contribution in [2.45, 2.75) is 64.2 Å². The highest BCUT2D eigenvalue weighted by molar-refractivity contribution is 7.52. The van der Waals surface area contributed by atoms with Crippen LogP contribution < -0.4 is 5.32 Å². The van der Waals surface area contributed by atoms with Crippen LogP contribution in [0.1, 0.15) is 25.1 Å². The van der Waals surface area contributed by atoms with Gasteiger partial charge in [0.15, 0.2) is 0 Å². The first kappa shape index (κ1) is 36.0. The van der Waals surface area contributed by atoms with Gasteiger partial charge in [-0.3, -0.25) is 23.4 Å². The third kappa shape index (κ3) is 11.8. The quantitative estimate of drug-likeness (QED) is 0.242. The highest BCUT2D eigenvalue weighted by atomic mass is 31.2. The average molecular weight is 655 g/mol. The van der Waals surface area contributed by atoms with Crippen LogP contribution in [-0.2, 0) is 42.9 Å². The second kappa shape index (κ2) is 14.1. The van der Waals surface area contributed by atoms with Gasteiger partial charge in [-0.15, -0.1) is 5.10 Å². The summed E-state index contributed by atoms with van der Waals surface area (Å²) in [5.74, 6) is -3.49. The van der Waals surface area contributed by atoms with E-state index in [4.69, 9.17) is 0 Å². The summed E-state index contributed by atoms with van der Waals surface area (Å²) < 4.78 is 137. The van der Waals surface area contributed by atoms with Crippen LogP contribution >= 0.6 is 7.60 Å². The lowest BCUT2D eigenvalue weighted by molar-refractivity contribution is -0.301. The fraction of sp³-hybridized carbons (Fsp3) is 0.565. The first-order valence-electron chi connectivity index (χ1n) is 12.2. The van der Waals surface area contributed by atoms with E-state index in [2.05, 4.69) is 24.7 Å². The molecule has 0 saturated carbocycles. The molecule has 1 aromatic heterocycles. The number of hydrogen-bond donors (Lipinski definition) is 1. The first-order chi connectivity index (χ1) is 19.6. The molecule has 1 N–H and O–H groups in total. The summed E-state index contributed by atoms with van der Waals surface area (Å²) in [4.78, 5) is 25.0. The Balaban J connectivity index is 2.05. The van der Waals surface area contributed by atoms with Crippen molar-refractivity contribution in [3.63, 3.8) is 0 Å². The van der Waals surface area contributed by atoms with E-state index in [1.54, 1.807) is 32.0 Å². The van der Waals surface area contributed by atoms with Crippen molar-refractivity contribution in [3.05, 3.63) is 47.8 Å². The van der Waals surface area contributed by atoms with Crippen molar-refractivity contribution in [1.82, 2.24) is 25.2 Å². The van der Waals surface area contributed by atoms with E-state index in [1.165, 1.54) is 12.1 Å². The van der Waals surface area contributed by atoms with Crippen LogP contribution in [0.15, 0.2) is 36.5 Å². The van der Waals surface area contributed by atoms with Crippen LogP contribution in [0.4, 0.5) is 39.5 Å². The maximum atomic E-state index is 13.2. The van der Waals surface area contributed by atoms with E-state index in [0.29, 0.717) is 17.1 Å². The standard InChI is InChI=1S/C23H27F9N5O5P/c1-14(2)17(33-18(38)12-36(20(39)23(30,31)32)9-15-7-5-4-6-8-15)11-37-10-16(34-35-37)13-41-43(3,40)42-19(21(24,25)26)22(27,28)29/h4-8,10,14,17,19H,9,11-13H2,1-3H3,(H,33,38)/t17-,43?/m0/s1. The third-order valence-corrected chi connectivity index (χ3v) is 6.73. The molecule has 2 amide bonds. The molecule has 2 rings (SSSR count). The molecule has 0 aliphatic rings. The lowest BCUT2D eigenvalue weighted by atomic mass is 10.0. The minimum Gasteiger partial charge on any atom is -0.350 e. The van der Waals surface area contributed by atoms with Crippen LogP contribution in [-0.4, -0.2) is 75.6 Å². The second-order valence-corrected chi connectivity index (χ2v) is 11.6. The number of nitrogens with one attached hydrogen (secondary N) is 1. The lowest BCUT2D eigenvalue weighted by Crippen LogP contribution is -2.49. The molecular weight excluding hydrogens is 628 g/mol. The van der Waals surface area contributed by atoms with Crippen molar-refractivity contribution in [3.8, 4) is 0 Å². The van der Waals surface area contributed by atoms with E-state index in [0.717, 1.165) is 10.9 Å². The minimum atomic E-state index is -5.91. The van der Waals surface area contributed by atoms with E-state index in [1.807, 2.05) is 0 Å². The predicted molar refractivity (Wildman–Crippen MR) is 130 cm³/mol. The fourth-order valence-corrected chi connectivity index (χ4v) is 4.49. The fourth-order valence-electron chi connectivity index (χ4n) is 3.44. The zero-order chi connectivity index (χ0) is 32.8. The molecule has 0 bridgehead atoms. The number of rotatable bonds is 13. The van der Waals surface area contributed by atoms with Crippen LogP contribution in [0.2, 0.25) is 0 Å². The van der Waals surface area contributed by atoms with Crippen molar-refractivity contribution in [1.29, 1.82) is 0 Å². The molecule has 0 aliphatic carbocycles. The van der Waals surface area contributed by atoms with Gasteiger partial charge in [0.2, 0.25) is 5.91 Å². The number of nitrogens with zero attached hydrogens (tertiary/aromatic N) is 4. The molecule has 0 spiro atoms. The Kier molecular flexibility index (Phi) is 11.8. The van der Waals surface area contributed by atoms with Crippen LogP contribution in [0.3, 0.4) is 0 Å². The van der Waals surface area contributed by atoms with E-state index < -0.39 is 69.8 Å². The van der Waals surface area contributed by atoms with Gasteiger partial charge < -0.3 is 14.7 Å². The molecule has 242 valence electrons. The maximum Gasteiger partial charge on any atom is 0.471 e. The number of hydrogen-bond acceptors (Lipinski definition) is 7. The zero-order valence-corrected chi connectivity index (χ0v) is 23.6. The molecule has 1 unspecified atom stereocenters. The van der Waals surface area contributed by atoms with Gasteiger partial charge in [0.1, 0.15) is 18.8 Å². The predicted octanol–water partition coefficient (Wildman–Crippen LogP) is 4.86. The number of halogens is 9. The van der Waals surface area contributed by atoms with Crippen LogP contribution in [0.25, 0.3) is 0 Å². The summed E-state index contributed by atoms with van der Waals surface area (Å²) in [6, 6.07) is 6.88. The number of carbonyl (C=O) groups is 2. The molecule has 10 nitrogen and oxygen atoms in total. The van der Waals surface area contributed by atoms with E-state index in [-0.39, 0.29) is 18.2 Å². The summed E-state index contributed by atoms with van der Waals surface area (Å²) >= 11 is 0. The summed E-state index contributed by atoms with van der Waals surface area (Å²) in [5.41, 5.74) is 0.167.